The van der Waals surface area contributed by atoms with Crippen molar-refractivity contribution in [2.45, 2.75) is 25.8 Å². The fourth-order valence-electron chi connectivity index (χ4n) is 3.37. The van der Waals surface area contributed by atoms with Crippen LogP contribution in [-0.2, 0) is 25.8 Å². The van der Waals surface area contributed by atoms with Gasteiger partial charge in [-0.15, -0.1) is 0 Å². The topological polar surface area (TPSA) is 61.0 Å². The lowest BCUT2D eigenvalue weighted by molar-refractivity contribution is 0.696. The molecule has 0 fully saturated rings. The molecule has 114 valence electrons. The van der Waals surface area contributed by atoms with Gasteiger partial charge in [0.25, 0.3) is 5.56 Å². The number of aromatic amines is 1. The highest BCUT2D eigenvalue weighted by molar-refractivity contribution is 5.41. The lowest BCUT2D eigenvalue weighted by atomic mass is 10.0. The van der Waals surface area contributed by atoms with E-state index in [1.165, 1.54) is 11.1 Å². The number of nitrogens with zero attached hydrogens (tertiary/aromatic N) is 2. The molecule has 0 spiro atoms. The van der Waals surface area contributed by atoms with Gasteiger partial charge >= 0.3 is 0 Å². The van der Waals surface area contributed by atoms with Crippen molar-refractivity contribution >= 4 is 5.95 Å². The summed E-state index contributed by atoms with van der Waals surface area (Å²) in [6, 6.07) is 8.50. The van der Waals surface area contributed by atoms with Gasteiger partial charge < -0.3 is 10.2 Å². The van der Waals surface area contributed by atoms with Crippen LogP contribution >= 0.6 is 0 Å². The van der Waals surface area contributed by atoms with E-state index < -0.39 is 0 Å². The normalized spacial score (nSPS) is 17.5. The van der Waals surface area contributed by atoms with Crippen LogP contribution in [0.4, 0.5) is 5.95 Å². The number of rotatable bonds is 1. The number of benzene rings is 1. The van der Waals surface area contributed by atoms with Crippen molar-refractivity contribution < 1.29 is 0 Å². The average Bonchev–Trinajstić information content (AvgIpc) is 2.80. The van der Waals surface area contributed by atoms with E-state index in [9.17, 15) is 4.79 Å². The fourth-order valence-corrected chi connectivity index (χ4v) is 3.37. The largest absolute Gasteiger partial charge is 0.338 e. The summed E-state index contributed by atoms with van der Waals surface area (Å²) in [6.45, 7) is 3.47. The molecule has 0 amide bonds. The van der Waals surface area contributed by atoms with Crippen molar-refractivity contribution in [1.82, 2.24) is 15.3 Å². The molecule has 0 atom stereocenters. The lowest BCUT2D eigenvalue weighted by Gasteiger charge is -2.29. The molecule has 2 N–H and O–H groups in total. The van der Waals surface area contributed by atoms with Crippen LogP contribution in [0, 0.1) is 0 Å². The molecule has 22 heavy (non-hydrogen) atoms. The standard InChI is InChI=1S/C17H20N4O/c22-16-14-5-8-18-9-6-15(14)19-17(20-16)21-10-7-12-3-1-2-4-13(12)11-21/h1-4,18H,5-11H2,(H,19,20,22). The summed E-state index contributed by atoms with van der Waals surface area (Å²) >= 11 is 0. The molecular weight excluding hydrogens is 276 g/mol. The Balaban J connectivity index is 1.68. The second kappa shape index (κ2) is 5.57. The van der Waals surface area contributed by atoms with Crippen molar-refractivity contribution in [1.29, 1.82) is 0 Å². The third kappa shape index (κ3) is 2.41. The van der Waals surface area contributed by atoms with Crippen LogP contribution in [0.3, 0.4) is 0 Å². The van der Waals surface area contributed by atoms with Crippen LogP contribution in [0.5, 0.6) is 0 Å². The Morgan fingerprint density at radius 2 is 1.86 bits per heavy atom. The zero-order chi connectivity index (χ0) is 14.9. The Bertz CT molecular complexity index is 753. The summed E-state index contributed by atoms with van der Waals surface area (Å²) in [5, 5.41) is 3.33. The number of H-pyrrole nitrogens is 1. The molecule has 3 heterocycles. The molecule has 4 rings (SSSR count). The summed E-state index contributed by atoms with van der Waals surface area (Å²) in [6.07, 6.45) is 2.59. The number of nitrogens with one attached hydrogen (secondary N) is 2. The minimum absolute atomic E-state index is 0.0301. The third-order valence-corrected chi connectivity index (χ3v) is 4.61. The van der Waals surface area contributed by atoms with E-state index in [2.05, 4.69) is 39.5 Å². The molecule has 0 aliphatic carbocycles. The van der Waals surface area contributed by atoms with Crippen molar-refractivity contribution in [3.8, 4) is 0 Å². The molecule has 1 aromatic heterocycles. The Labute approximate surface area is 129 Å². The minimum atomic E-state index is 0.0301. The van der Waals surface area contributed by atoms with Crippen LogP contribution in [-0.4, -0.2) is 29.6 Å². The molecule has 2 aliphatic rings. The van der Waals surface area contributed by atoms with E-state index in [1.807, 2.05) is 0 Å². The Morgan fingerprint density at radius 1 is 1.05 bits per heavy atom. The molecule has 2 aliphatic heterocycles. The van der Waals surface area contributed by atoms with Crippen molar-refractivity contribution in [3.05, 3.63) is 57.0 Å². The first-order chi connectivity index (χ1) is 10.8. The predicted octanol–water partition coefficient (Wildman–Crippen LogP) is 1.02. The Hall–Kier alpha value is -2.14. The van der Waals surface area contributed by atoms with Crippen LogP contribution in [0.2, 0.25) is 0 Å². The monoisotopic (exact) mass is 296 g/mol. The van der Waals surface area contributed by atoms with Gasteiger partial charge in [-0.2, -0.15) is 0 Å². The minimum Gasteiger partial charge on any atom is -0.338 e. The quantitative estimate of drug-likeness (QED) is 0.825. The first-order valence-corrected chi connectivity index (χ1v) is 7.96. The number of fused-ring (bicyclic) bond motifs is 2. The first-order valence-electron chi connectivity index (χ1n) is 7.96. The maximum atomic E-state index is 12.4. The molecule has 2 aromatic rings. The maximum Gasteiger partial charge on any atom is 0.255 e. The van der Waals surface area contributed by atoms with Crippen LogP contribution in [0.25, 0.3) is 0 Å². The zero-order valence-corrected chi connectivity index (χ0v) is 12.6. The number of hydrogen-bond acceptors (Lipinski definition) is 4. The van der Waals surface area contributed by atoms with E-state index in [4.69, 9.17) is 4.98 Å². The molecule has 0 bridgehead atoms. The molecule has 0 radical (unpaired) electrons. The Morgan fingerprint density at radius 3 is 2.77 bits per heavy atom. The van der Waals surface area contributed by atoms with Crippen LogP contribution < -0.4 is 15.8 Å². The van der Waals surface area contributed by atoms with Gasteiger partial charge in [0.1, 0.15) is 0 Å². The SMILES string of the molecule is O=c1[nH]c(N2CCc3ccccc3C2)nc2c1CCNCC2. The van der Waals surface area contributed by atoms with E-state index in [-0.39, 0.29) is 5.56 Å². The molecule has 0 unspecified atom stereocenters. The summed E-state index contributed by atoms with van der Waals surface area (Å²) in [7, 11) is 0. The van der Waals surface area contributed by atoms with Gasteiger partial charge in [0.05, 0.1) is 5.69 Å². The van der Waals surface area contributed by atoms with Gasteiger partial charge in [0, 0.05) is 31.6 Å². The smallest absolute Gasteiger partial charge is 0.255 e. The van der Waals surface area contributed by atoms with Gasteiger partial charge in [-0.05, 0) is 30.5 Å². The highest BCUT2D eigenvalue weighted by Gasteiger charge is 2.20. The second-order valence-electron chi connectivity index (χ2n) is 6.01. The summed E-state index contributed by atoms with van der Waals surface area (Å²) < 4.78 is 0. The zero-order valence-electron chi connectivity index (χ0n) is 12.6. The van der Waals surface area contributed by atoms with E-state index in [0.29, 0.717) is 0 Å². The molecule has 0 saturated heterocycles. The third-order valence-electron chi connectivity index (χ3n) is 4.61. The van der Waals surface area contributed by atoms with Gasteiger partial charge in [-0.1, -0.05) is 24.3 Å². The van der Waals surface area contributed by atoms with Crippen LogP contribution in [0.1, 0.15) is 22.4 Å². The number of hydrogen-bond donors (Lipinski definition) is 2. The summed E-state index contributed by atoms with van der Waals surface area (Å²) in [5.41, 5.74) is 4.57. The highest BCUT2D eigenvalue weighted by Crippen LogP contribution is 2.22. The van der Waals surface area contributed by atoms with E-state index in [1.54, 1.807) is 0 Å². The second-order valence-corrected chi connectivity index (χ2v) is 6.01. The Kier molecular flexibility index (Phi) is 3.42. The lowest BCUT2D eigenvalue weighted by Crippen LogP contribution is -2.34. The van der Waals surface area contributed by atoms with Gasteiger partial charge in [0.15, 0.2) is 0 Å². The molecule has 1 aromatic carbocycles. The molecule has 5 nitrogen and oxygen atoms in total. The van der Waals surface area contributed by atoms with Gasteiger partial charge in [-0.25, -0.2) is 4.98 Å². The summed E-state index contributed by atoms with van der Waals surface area (Å²) in [4.78, 5) is 22.3. The fraction of sp³-hybridized carbons (Fsp3) is 0.412. The average molecular weight is 296 g/mol. The van der Waals surface area contributed by atoms with E-state index >= 15 is 0 Å². The number of anilines is 1. The van der Waals surface area contributed by atoms with Gasteiger partial charge in [-0.3, -0.25) is 9.78 Å². The van der Waals surface area contributed by atoms with Gasteiger partial charge in [0.2, 0.25) is 5.95 Å². The van der Waals surface area contributed by atoms with Crippen molar-refractivity contribution in [2.24, 2.45) is 0 Å². The predicted molar refractivity (Wildman–Crippen MR) is 86.3 cm³/mol. The van der Waals surface area contributed by atoms with E-state index in [0.717, 1.165) is 62.6 Å². The maximum absolute atomic E-state index is 12.4. The first kappa shape index (κ1) is 13.5. The molecule has 0 saturated carbocycles. The highest BCUT2D eigenvalue weighted by atomic mass is 16.1. The van der Waals surface area contributed by atoms with Crippen molar-refractivity contribution in [2.75, 3.05) is 24.5 Å². The summed E-state index contributed by atoms with van der Waals surface area (Å²) in [5.74, 6) is 0.722. The van der Waals surface area contributed by atoms with Crippen molar-refractivity contribution in [3.63, 3.8) is 0 Å². The molecular formula is C17H20N4O. The van der Waals surface area contributed by atoms with Crippen LogP contribution in [0.15, 0.2) is 29.1 Å². The number of aromatic nitrogens is 2. The molecule has 5 heteroatoms.